The van der Waals surface area contributed by atoms with Gasteiger partial charge in [0.1, 0.15) is 11.6 Å². The first kappa shape index (κ1) is 23.8. The molecular formula is C26H34FN3O3. The van der Waals surface area contributed by atoms with Crippen LogP contribution in [0.4, 0.5) is 4.39 Å². The number of rotatable bonds is 8. The Kier molecular flexibility index (Phi) is 8.09. The van der Waals surface area contributed by atoms with Gasteiger partial charge in [-0.05, 0) is 42.0 Å². The molecule has 6 nitrogen and oxygen atoms in total. The van der Waals surface area contributed by atoms with Crippen LogP contribution in [0, 0.1) is 11.7 Å². The Labute approximate surface area is 195 Å². The summed E-state index contributed by atoms with van der Waals surface area (Å²) in [5, 5.41) is 9.44. The minimum Gasteiger partial charge on any atom is -0.508 e. The van der Waals surface area contributed by atoms with Crippen LogP contribution in [-0.4, -0.2) is 91.2 Å². The number of aromatic hydroxyl groups is 1. The SMILES string of the molecule is C[C@H](CN1CCN(C[C@H](c2ccc(F)cc2)N2CCOCC2)CC1)C(=O)c1ccc(O)cc1. The third-order valence-corrected chi connectivity index (χ3v) is 6.77. The smallest absolute Gasteiger partial charge is 0.166 e. The van der Waals surface area contributed by atoms with Crippen molar-refractivity contribution in [2.75, 3.05) is 65.6 Å². The van der Waals surface area contributed by atoms with Crippen molar-refractivity contribution in [2.45, 2.75) is 13.0 Å². The second-order valence-electron chi connectivity index (χ2n) is 9.13. The molecule has 0 amide bonds. The van der Waals surface area contributed by atoms with Crippen molar-refractivity contribution in [1.82, 2.24) is 14.7 Å². The molecule has 2 saturated heterocycles. The van der Waals surface area contributed by atoms with Gasteiger partial charge in [-0.25, -0.2) is 4.39 Å². The van der Waals surface area contributed by atoms with Gasteiger partial charge < -0.3 is 14.7 Å². The summed E-state index contributed by atoms with van der Waals surface area (Å²) < 4.78 is 19.0. The van der Waals surface area contributed by atoms with Gasteiger partial charge in [-0.15, -0.1) is 0 Å². The minimum atomic E-state index is -0.205. The number of hydrogen-bond donors (Lipinski definition) is 1. The first-order valence-electron chi connectivity index (χ1n) is 11.8. The molecule has 0 spiro atoms. The molecule has 2 atom stereocenters. The number of ether oxygens (including phenoxy) is 1. The topological polar surface area (TPSA) is 56.2 Å². The monoisotopic (exact) mass is 455 g/mol. The Balaban J connectivity index is 1.31. The third-order valence-electron chi connectivity index (χ3n) is 6.77. The van der Waals surface area contributed by atoms with Gasteiger partial charge in [-0.3, -0.25) is 14.6 Å². The number of phenols is 1. The summed E-state index contributed by atoms with van der Waals surface area (Å²) >= 11 is 0. The Hall–Kier alpha value is -2.32. The van der Waals surface area contributed by atoms with Crippen LogP contribution in [0.1, 0.15) is 28.9 Å². The van der Waals surface area contributed by atoms with E-state index < -0.39 is 0 Å². The maximum Gasteiger partial charge on any atom is 0.166 e. The Morgan fingerprint density at radius 2 is 1.48 bits per heavy atom. The molecule has 4 rings (SSSR count). The van der Waals surface area contributed by atoms with Crippen molar-refractivity contribution in [2.24, 2.45) is 5.92 Å². The number of benzene rings is 2. The minimum absolute atomic E-state index is 0.0959. The fraction of sp³-hybridized carbons (Fsp3) is 0.500. The number of ketones is 1. The quantitative estimate of drug-likeness (QED) is 0.618. The summed E-state index contributed by atoms with van der Waals surface area (Å²) in [5.41, 5.74) is 1.79. The first-order valence-corrected chi connectivity index (χ1v) is 11.8. The Morgan fingerprint density at radius 1 is 0.909 bits per heavy atom. The van der Waals surface area contributed by atoms with E-state index in [1.807, 2.05) is 19.1 Å². The average molecular weight is 456 g/mol. The van der Waals surface area contributed by atoms with Crippen molar-refractivity contribution >= 4 is 5.78 Å². The predicted octanol–water partition coefficient (Wildman–Crippen LogP) is 3.04. The summed E-state index contributed by atoms with van der Waals surface area (Å²) in [6, 6.07) is 13.6. The van der Waals surface area contributed by atoms with Crippen molar-refractivity contribution in [3.05, 3.63) is 65.5 Å². The van der Waals surface area contributed by atoms with E-state index in [0.29, 0.717) is 5.56 Å². The summed E-state index contributed by atoms with van der Waals surface area (Å²) in [6.45, 7) is 10.6. The van der Waals surface area contributed by atoms with Gasteiger partial charge in [0.15, 0.2) is 5.78 Å². The highest BCUT2D eigenvalue weighted by Crippen LogP contribution is 2.24. The van der Waals surface area contributed by atoms with Crippen molar-refractivity contribution < 1.29 is 19.0 Å². The van der Waals surface area contributed by atoms with Crippen molar-refractivity contribution in [1.29, 1.82) is 0 Å². The van der Waals surface area contributed by atoms with E-state index in [2.05, 4.69) is 14.7 Å². The highest BCUT2D eigenvalue weighted by molar-refractivity contribution is 5.97. The van der Waals surface area contributed by atoms with Gasteiger partial charge in [0.25, 0.3) is 0 Å². The van der Waals surface area contributed by atoms with Crippen LogP contribution in [0.15, 0.2) is 48.5 Å². The first-order chi connectivity index (χ1) is 16.0. The molecular weight excluding hydrogens is 421 g/mol. The van der Waals surface area contributed by atoms with E-state index in [1.165, 1.54) is 0 Å². The number of Topliss-reactive ketones (excluding diaryl/α,β-unsaturated/α-hetero) is 1. The van der Waals surface area contributed by atoms with Crippen LogP contribution in [-0.2, 0) is 4.74 Å². The molecule has 0 radical (unpaired) electrons. The zero-order chi connectivity index (χ0) is 23.2. The number of halogens is 1. The van der Waals surface area contributed by atoms with E-state index in [0.717, 1.165) is 71.1 Å². The number of nitrogens with zero attached hydrogens (tertiary/aromatic N) is 3. The average Bonchev–Trinajstić information content (AvgIpc) is 2.85. The third kappa shape index (κ3) is 6.38. The lowest BCUT2D eigenvalue weighted by molar-refractivity contribution is 0.00272. The number of phenolic OH excluding ortho intramolecular Hbond substituents is 1. The molecule has 2 aromatic rings. The highest BCUT2D eigenvalue weighted by Gasteiger charge is 2.28. The normalized spacial score (nSPS) is 20.4. The summed E-state index contributed by atoms with van der Waals surface area (Å²) in [6.07, 6.45) is 0. The van der Waals surface area contributed by atoms with E-state index in [1.54, 1.807) is 36.4 Å². The Morgan fingerprint density at radius 3 is 2.09 bits per heavy atom. The molecule has 2 aliphatic rings. The van der Waals surface area contributed by atoms with Gasteiger partial charge in [0, 0.05) is 69.9 Å². The zero-order valence-electron chi connectivity index (χ0n) is 19.3. The Bertz CT molecular complexity index is 892. The molecule has 1 N–H and O–H groups in total. The zero-order valence-corrected chi connectivity index (χ0v) is 19.3. The fourth-order valence-corrected chi connectivity index (χ4v) is 4.79. The van der Waals surface area contributed by atoms with E-state index in [-0.39, 0.29) is 29.3 Å². The van der Waals surface area contributed by atoms with Gasteiger partial charge in [-0.2, -0.15) is 0 Å². The highest BCUT2D eigenvalue weighted by atomic mass is 19.1. The van der Waals surface area contributed by atoms with Crippen molar-refractivity contribution in [3.63, 3.8) is 0 Å². The van der Waals surface area contributed by atoms with Gasteiger partial charge in [0.05, 0.1) is 13.2 Å². The lowest BCUT2D eigenvalue weighted by Gasteiger charge is -2.41. The number of carbonyl (C=O) groups is 1. The molecule has 2 aliphatic heterocycles. The van der Waals surface area contributed by atoms with Gasteiger partial charge in [-0.1, -0.05) is 19.1 Å². The number of piperazine rings is 1. The molecule has 7 heteroatoms. The fourth-order valence-electron chi connectivity index (χ4n) is 4.79. The summed E-state index contributed by atoms with van der Waals surface area (Å²) in [4.78, 5) is 20.0. The molecule has 0 unspecified atom stereocenters. The maximum atomic E-state index is 13.5. The van der Waals surface area contributed by atoms with E-state index in [9.17, 15) is 14.3 Å². The standard InChI is InChI=1S/C26H34FN3O3/c1-20(26(32)22-4-8-24(31)9-5-22)18-28-10-12-29(13-11-28)19-25(30-14-16-33-17-15-30)21-2-6-23(27)7-3-21/h2-9,20,25,31H,10-19H2,1H3/t20-,25-/m1/s1. The number of hydrogen-bond acceptors (Lipinski definition) is 6. The van der Waals surface area contributed by atoms with Gasteiger partial charge >= 0.3 is 0 Å². The second-order valence-corrected chi connectivity index (χ2v) is 9.13. The summed E-state index contributed by atoms with van der Waals surface area (Å²) in [7, 11) is 0. The van der Waals surface area contributed by atoms with Crippen LogP contribution in [0.3, 0.4) is 0 Å². The maximum absolute atomic E-state index is 13.5. The molecule has 2 heterocycles. The molecule has 0 aliphatic carbocycles. The lowest BCUT2D eigenvalue weighted by atomic mass is 9.98. The van der Waals surface area contributed by atoms with E-state index >= 15 is 0 Å². The van der Waals surface area contributed by atoms with Crippen molar-refractivity contribution in [3.8, 4) is 5.75 Å². The molecule has 2 aromatic carbocycles. The number of morpholine rings is 1. The molecule has 33 heavy (non-hydrogen) atoms. The van der Waals surface area contributed by atoms with Crippen LogP contribution < -0.4 is 0 Å². The molecule has 0 aromatic heterocycles. The second kappa shape index (κ2) is 11.2. The lowest BCUT2D eigenvalue weighted by Crippen LogP contribution is -2.51. The van der Waals surface area contributed by atoms with Gasteiger partial charge in [0.2, 0.25) is 0 Å². The molecule has 2 fully saturated rings. The predicted molar refractivity (Wildman–Crippen MR) is 126 cm³/mol. The molecule has 178 valence electrons. The van der Waals surface area contributed by atoms with Crippen LogP contribution >= 0.6 is 0 Å². The molecule has 0 bridgehead atoms. The van der Waals surface area contributed by atoms with Crippen LogP contribution in [0.25, 0.3) is 0 Å². The van der Waals surface area contributed by atoms with E-state index in [4.69, 9.17) is 4.74 Å². The van der Waals surface area contributed by atoms with Crippen LogP contribution in [0.2, 0.25) is 0 Å². The largest absolute Gasteiger partial charge is 0.508 e. The molecule has 0 saturated carbocycles. The van der Waals surface area contributed by atoms with Crippen LogP contribution in [0.5, 0.6) is 5.75 Å². The summed E-state index contributed by atoms with van der Waals surface area (Å²) in [5.74, 6) is -0.0158. The number of carbonyl (C=O) groups excluding carboxylic acids is 1.